The third-order valence-corrected chi connectivity index (χ3v) is 6.82. The Labute approximate surface area is 193 Å². The van der Waals surface area contributed by atoms with E-state index in [2.05, 4.69) is 69.5 Å². The molecule has 1 fully saturated rings. The third kappa shape index (κ3) is 4.96. The lowest BCUT2D eigenvalue weighted by Gasteiger charge is -2.36. The maximum Gasteiger partial charge on any atom is 0.338 e. The van der Waals surface area contributed by atoms with Gasteiger partial charge in [0.2, 0.25) is 5.75 Å². The molecule has 1 aromatic carbocycles. The minimum Gasteiger partial charge on any atom is -0.488 e. The van der Waals surface area contributed by atoms with Gasteiger partial charge in [0.25, 0.3) is 5.82 Å². The van der Waals surface area contributed by atoms with Crippen LogP contribution in [0.1, 0.15) is 37.3 Å². The monoisotopic (exact) mass is 437 g/mol. The zero-order valence-corrected chi connectivity index (χ0v) is 20.8. The molecule has 0 saturated carbocycles. The van der Waals surface area contributed by atoms with Crippen molar-refractivity contribution < 1.29 is 4.74 Å². The first kappa shape index (κ1) is 24.2. The molecule has 0 radical (unpaired) electrons. The molecule has 0 spiro atoms. The Hall–Kier alpha value is -2.46. The first-order valence-corrected chi connectivity index (χ1v) is 11.5. The molecule has 2 heterocycles. The van der Waals surface area contributed by atoms with Crippen LogP contribution in [0.3, 0.4) is 0 Å². The smallest absolute Gasteiger partial charge is 0.338 e. The molecule has 3 rings (SSSR count). The topological polar surface area (TPSA) is 47.0 Å². The summed E-state index contributed by atoms with van der Waals surface area (Å²) in [5.41, 5.74) is 3.03. The standard InChI is InChI=1S/C26H39N5O/c1-9-21-16-22(14-13-19(21)2)31(6,7)26-28-17-24(32-8)25(29-26)30(4,5)18-20(3)23-12-10-11-15-27-23/h1,13-14,16-17,20,23,27H,10-12,15,18H2,2-8H3/q+2. The molecule has 1 aliphatic heterocycles. The summed E-state index contributed by atoms with van der Waals surface area (Å²) < 4.78 is 6.72. The number of methoxy groups -OCH3 is 1. The summed E-state index contributed by atoms with van der Waals surface area (Å²) in [7, 11) is 10.3. The first-order valence-electron chi connectivity index (χ1n) is 11.5. The van der Waals surface area contributed by atoms with E-state index in [-0.39, 0.29) is 0 Å². The fourth-order valence-corrected chi connectivity index (χ4v) is 4.73. The Morgan fingerprint density at radius 2 is 2.00 bits per heavy atom. The molecule has 32 heavy (non-hydrogen) atoms. The van der Waals surface area contributed by atoms with Crippen molar-refractivity contribution in [2.75, 3.05) is 48.4 Å². The second-order valence-corrected chi connectivity index (χ2v) is 10.1. The average molecular weight is 438 g/mol. The first-order chi connectivity index (χ1) is 15.1. The largest absolute Gasteiger partial charge is 0.488 e. The van der Waals surface area contributed by atoms with Crippen LogP contribution >= 0.6 is 0 Å². The van der Waals surface area contributed by atoms with Gasteiger partial charge in [-0.25, -0.2) is 4.48 Å². The summed E-state index contributed by atoms with van der Waals surface area (Å²) in [5, 5.41) is 3.70. The van der Waals surface area contributed by atoms with Gasteiger partial charge in [-0.05, 0) is 37.9 Å². The molecule has 1 aliphatic rings. The molecule has 1 aromatic heterocycles. The minimum atomic E-state index is 0.395. The fourth-order valence-electron chi connectivity index (χ4n) is 4.73. The van der Waals surface area contributed by atoms with E-state index < -0.39 is 0 Å². The highest BCUT2D eigenvalue weighted by molar-refractivity contribution is 5.59. The van der Waals surface area contributed by atoms with Crippen molar-refractivity contribution in [1.82, 2.24) is 24.3 Å². The van der Waals surface area contributed by atoms with Crippen LogP contribution < -0.4 is 19.0 Å². The van der Waals surface area contributed by atoms with Gasteiger partial charge in [0.15, 0.2) is 0 Å². The van der Waals surface area contributed by atoms with Crippen LogP contribution in [0.25, 0.3) is 0 Å². The number of hydrogen-bond donors (Lipinski definition) is 1. The number of terminal acetylenes is 1. The molecule has 172 valence electrons. The summed E-state index contributed by atoms with van der Waals surface area (Å²) in [4.78, 5) is 9.76. The van der Waals surface area contributed by atoms with Crippen LogP contribution in [-0.2, 0) is 0 Å². The molecule has 2 aromatic rings. The summed E-state index contributed by atoms with van der Waals surface area (Å²) in [5.74, 6) is 5.63. The van der Waals surface area contributed by atoms with Gasteiger partial charge in [-0.1, -0.05) is 25.3 Å². The molecule has 1 N–H and O–H groups in total. The number of aryl methyl sites for hydroxylation is 1. The van der Waals surface area contributed by atoms with E-state index in [1.165, 1.54) is 19.3 Å². The molecule has 1 saturated heterocycles. The van der Waals surface area contributed by atoms with Crippen LogP contribution in [0.5, 0.6) is 5.75 Å². The molecule has 0 aliphatic carbocycles. The van der Waals surface area contributed by atoms with Crippen molar-refractivity contribution >= 4 is 17.5 Å². The second kappa shape index (κ2) is 9.58. The van der Waals surface area contributed by atoms with Crippen molar-refractivity contribution in [3.63, 3.8) is 0 Å². The highest BCUT2D eigenvalue weighted by atomic mass is 16.5. The van der Waals surface area contributed by atoms with Gasteiger partial charge in [0.05, 0.1) is 48.0 Å². The highest BCUT2D eigenvalue weighted by Crippen LogP contribution is 2.36. The summed E-state index contributed by atoms with van der Waals surface area (Å²) in [6.45, 7) is 6.45. The van der Waals surface area contributed by atoms with Crippen molar-refractivity contribution in [2.45, 2.75) is 39.2 Å². The lowest BCUT2D eigenvalue weighted by Crippen LogP contribution is -2.51. The van der Waals surface area contributed by atoms with E-state index in [0.717, 1.165) is 41.5 Å². The van der Waals surface area contributed by atoms with Gasteiger partial charge in [-0.3, -0.25) is 4.48 Å². The van der Waals surface area contributed by atoms with Crippen molar-refractivity contribution in [3.8, 4) is 18.1 Å². The molecular weight excluding hydrogens is 398 g/mol. The Morgan fingerprint density at radius 3 is 2.62 bits per heavy atom. The van der Waals surface area contributed by atoms with Crippen molar-refractivity contribution in [3.05, 3.63) is 35.5 Å². The number of piperidine rings is 1. The number of rotatable bonds is 7. The van der Waals surface area contributed by atoms with E-state index in [1.807, 2.05) is 6.92 Å². The maximum atomic E-state index is 5.72. The minimum absolute atomic E-state index is 0.395. The number of ether oxygens (including phenoxy) is 1. The lowest BCUT2D eigenvalue weighted by atomic mass is 9.92. The lowest BCUT2D eigenvalue weighted by molar-refractivity contribution is 0.240. The Kier molecular flexibility index (Phi) is 7.24. The van der Waals surface area contributed by atoms with Crippen molar-refractivity contribution in [1.29, 1.82) is 0 Å². The van der Waals surface area contributed by atoms with Gasteiger partial charge < -0.3 is 10.1 Å². The van der Waals surface area contributed by atoms with Gasteiger partial charge in [0.1, 0.15) is 5.69 Å². The molecule has 0 bridgehead atoms. The Balaban J connectivity index is 1.96. The summed E-state index contributed by atoms with van der Waals surface area (Å²) in [6.07, 6.45) is 11.3. The summed E-state index contributed by atoms with van der Waals surface area (Å²) in [6, 6.07) is 6.77. The molecule has 2 unspecified atom stereocenters. The molecule has 6 heteroatoms. The predicted octanol–water partition coefficient (Wildman–Crippen LogP) is 4.02. The van der Waals surface area contributed by atoms with E-state index in [1.54, 1.807) is 13.3 Å². The van der Waals surface area contributed by atoms with E-state index >= 15 is 0 Å². The van der Waals surface area contributed by atoms with Crippen molar-refractivity contribution in [2.24, 2.45) is 5.92 Å². The van der Waals surface area contributed by atoms with Gasteiger partial charge >= 0.3 is 5.95 Å². The number of nitrogens with zero attached hydrogens (tertiary/aromatic N) is 4. The number of aromatic nitrogens is 2. The zero-order chi connectivity index (χ0) is 23.5. The van der Waals surface area contributed by atoms with E-state index in [4.69, 9.17) is 16.1 Å². The maximum absolute atomic E-state index is 5.72. The Bertz CT molecular complexity index is 986. The SMILES string of the molecule is C#Cc1cc([N+](C)(C)c2ncc(OC)c([N+](C)(C)CC(C)C3CCCCN3)n2)ccc1C. The Morgan fingerprint density at radius 1 is 1.25 bits per heavy atom. The van der Waals surface area contributed by atoms with Gasteiger partial charge in [0, 0.05) is 23.6 Å². The fraction of sp³-hybridized carbons (Fsp3) is 0.538. The van der Waals surface area contributed by atoms with Crippen LogP contribution in [0, 0.1) is 25.2 Å². The molecular formula is C26H39N5O+2. The van der Waals surface area contributed by atoms with Crippen LogP contribution in [0.2, 0.25) is 0 Å². The molecule has 2 atom stereocenters. The van der Waals surface area contributed by atoms with E-state index in [0.29, 0.717) is 26.9 Å². The quantitative estimate of drug-likeness (QED) is 0.525. The highest BCUT2D eigenvalue weighted by Gasteiger charge is 2.35. The average Bonchev–Trinajstić information content (AvgIpc) is 2.79. The second-order valence-electron chi connectivity index (χ2n) is 10.1. The van der Waals surface area contributed by atoms with Crippen LogP contribution in [0.4, 0.5) is 17.5 Å². The molecule has 6 nitrogen and oxygen atoms in total. The number of quaternary nitrogens is 2. The van der Waals surface area contributed by atoms with Crippen LogP contribution in [-0.4, -0.2) is 64.4 Å². The molecule has 0 amide bonds. The van der Waals surface area contributed by atoms with Crippen LogP contribution in [0.15, 0.2) is 24.4 Å². The number of hydrogen-bond acceptors (Lipinski definition) is 4. The zero-order valence-electron chi connectivity index (χ0n) is 20.8. The van der Waals surface area contributed by atoms with E-state index in [9.17, 15) is 0 Å². The van der Waals surface area contributed by atoms with Gasteiger partial charge in [-0.2, -0.15) is 4.98 Å². The number of benzene rings is 1. The van der Waals surface area contributed by atoms with Gasteiger partial charge in [-0.15, -0.1) is 11.4 Å². The predicted molar refractivity (Wildman–Crippen MR) is 134 cm³/mol. The number of nitrogens with one attached hydrogen (secondary N) is 1. The third-order valence-electron chi connectivity index (χ3n) is 6.82. The summed E-state index contributed by atoms with van der Waals surface area (Å²) >= 11 is 0. The normalized spacial score (nSPS) is 18.1.